The van der Waals surface area contributed by atoms with E-state index in [0.29, 0.717) is 72.5 Å². The van der Waals surface area contributed by atoms with Crippen LogP contribution in [0.3, 0.4) is 0 Å². The molecule has 12 heteroatoms. The van der Waals surface area contributed by atoms with E-state index >= 15 is 0 Å². The van der Waals surface area contributed by atoms with Crippen LogP contribution in [0, 0.1) is 0 Å². The van der Waals surface area contributed by atoms with E-state index < -0.39 is 11.7 Å². The number of methoxy groups -OCH3 is 1. The first-order valence-corrected chi connectivity index (χ1v) is 13.3. The van der Waals surface area contributed by atoms with Crippen molar-refractivity contribution >= 4 is 40.8 Å². The van der Waals surface area contributed by atoms with Gasteiger partial charge in [-0.2, -0.15) is 13.2 Å². The van der Waals surface area contributed by atoms with E-state index in [1.165, 1.54) is 23.9 Å². The van der Waals surface area contributed by atoms with Crippen molar-refractivity contribution in [3.8, 4) is 0 Å². The maximum atomic E-state index is 13.1. The molecule has 38 heavy (non-hydrogen) atoms. The van der Waals surface area contributed by atoms with Crippen molar-refractivity contribution in [3.63, 3.8) is 0 Å². The minimum absolute atomic E-state index is 0.155. The van der Waals surface area contributed by atoms with Gasteiger partial charge in [0.1, 0.15) is 11.0 Å². The number of hydrogen-bond donors (Lipinski definition) is 1. The first kappa shape index (κ1) is 28.0. The molecular formula is C26H27ClF3N5O2S. The fraction of sp³-hybridized carbons (Fsp3) is 0.346. The molecule has 0 unspecified atom stereocenters. The Morgan fingerprint density at radius 1 is 1.05 bits per heavy atom. The number of thioether (sulfide) groups is 1. The van der Waals surface area contributed by atoms with Crippen LogP contribution < -0.4 is 15.1 Å². The Balaban J connectivity index is 1.34. The normalized spacial score (nSPS) is 14.0. The van der Waals surface area contributed by atoms with Crippen LogP contribution in [0.4, 0.5) is 24.7 Å². The summed E-state index contributed by atoms with van der Waals surface area (Å²) in [7, 11) is 1.58. The minimum Gasteiger partial charge on any atom is -0.383 e. The second-order valence-corrected chi connectivity index (χ2v) is 9.92. The molecule has 0 saturated carbocycles. The SMILES string of the molecule is COCCNC(=O)c1ccc(CSc2nc(Cl)cc(N3CCN(c4cccc(C(F)(F)F)c4)CC3)n2)cc1. The Labute approximate surface area is 228 Å². The summed E-state index contributed by atoms with van der Waals surface area (Å²) in [4.78, 5) is 25.1. The largest absolute Gasteiger partial charge is 0.416 e. The minimum atomic E-state index is -4.37. The topological polar surface area (TPSA) is 70.6 Å². The number of ether oxygens (including phenoxy) is 1. The summed E-state index contributed by atoms with van der Waals surface area (Å²) in [6, 6.07) is 14.4. The standard InChI is InChI=1S/C26H27ClF3N5O2S/c1-37-14-9-31-24(36)19-7-5-18(6-8-19)17-38-25-32-22(27)16-23(33-25)35-12-10-34(11-13-35)21-4-2-3-20(15-21)26(28,29)30/h2-8,15-16H,9-14,17H2,1H3,(H,31,36). The van der Waals surface area contributed by atoms with Crippen molar-refractivity contribution in [3.05, 3.63) is 76.4 Å². The zero-order valence-electron chi connectivity index (χ0n) is 20.7. The molecule has 0 radical (unpaired) electrons. The highest BCUT2D eigenvalue weighted by Gasteiger charge is 2.31. The molecule has 1 aliphatic rings. The Morgan fingerprint density at radius 2 is 1.76 bits per heavy atom. The van der Waals surface area contributed by atoms with Crippen molar-refractivity contribution in [1.82, 2.24) is 15.3 Å². The highest BCUT2D eigenvalue weighted by Crippen LogP contribution is 2.32. The van der Waals surface area contributed by atoms with Crippen molar-refractivity contribution in [2.75, 3.05) is 56.2 Å². The van der Waals surface area contributed by atoms with Crippen LogP contribution in [0.1, 0.15) is 21.5 Å². The third-order valence-electron chi connectivity index (χ3n) is 5.98. The van der Waals surface area contributed by atoms with Crippen LogP contribution in [0.5, 0.6) is 0 Å². The van der Waals surface area contributed by atoms with Gasteiger partial charge in [-0.15, -0.1) is 0 Å². The molecule has 1 fully saturated rings. The molecule has 0 bridgehead atoms. The van der Waals surface area contributed by atoms with E-state index in [1.807, 2.05) is 17.0 Å². The van der Waals surface area contributed by atoms with Crippen LogP contribution in [-0.2, 0) is 16.7 Å². The maximum Gasteiger partial charge on any atom is 0.416 e. The molecule has 0 atom stereocenters. The number of anilines is 2. The van der Waals surface area contributed by atoms with Gasteiger partial charge in [0, 0.05) is 62.9 Å². The lowest BCUT2D eigenvalue weighted by Gasteiger charge is -2.37. The molecule has 1 aliphatic heterocycles. The number of nitrogens with zero attached hydrogens (tertiary/aromatic N) is 4. The second-order valence-electron chi connectivity index (χ2n) is 8.59. The molecular weight excluding hydrogens is 539 g/mol. The number of amides is 1. The average Bonchev–Trinajstić information content (AvgIpc) is 2.92. The lowest BCUT2D eigenvalue weighted by atomic mass is 10.1. The molecule has 3 aromatic rings. The second kappa shape index (κ2) is 12.7. The smallest absolute Gasteiger partial charge is 0.383 e. The van der Waals surface area contributed by atoms with Crippen LogP contribution in [0.25, 0.3) is 0 Å². The summed E-state index contributed by atoms with van der Waals surface area (Å²) >= 11 is 7.71. The predicted molar refractivity (Wildman–Crippen MR) is 143 cm³/mol. The number of aromatic nitrogens is 2. The van der Waals surface area contributed by atoms with Gasteiger partial charge in [0.25, 0.3) is 5.91 Å². The average molecular weight is 566 g/mol. The van der Waals surface area contributed by atoms with Crippen LogP contribution in [-0.4, -0.2) is 62.3 Å². The van der Waals surface area contributed by atoms with Gasteiger partial charge in [-0.3, -0.25) is 4.79 Å². The number of carbonyl (C=O) groups excluding carboxylic acids is 1. The lowest BCUT2D eigenvalue weighted by molar-refractivity contribution is -0.137. The maximum absolute atomic E-state index is 13.1. The Bertz CT molecular complexity index is 1240. The van der Waals surface area contributed by atoms with Gasteiger partial charge in [0.2, 0.25) is 0 Å². The van der Waals surface area contributed by atoms with E-state index in [4.69, 9.17) is 16.3 Å². The third kappa shape index (κ3) is 7.52. The van der Waals surface area contributed by atoms with Crippen molar-refractivity contribution < 1.29 is 22.7 Å². The molecule has 4 rings (SSSR count). The summed E-state index contributed by atoms with van der Waals surface area (Å²) in [5, 5.41) is 3.63. The van der Waals surface area contributed by atoms with Crippen molar-refractivity contribution in [2.45, 2.75) is 17.1 Å². The van der Waals surface area contributed by atoms with E-state index in [0.717, 1.165) is 11.6 Å². The van der Waals surface area contributed by atoms with Gasteiger partial charge in [0.05, 0.1) is 12.2 Å². The van der Waals surface area contributed by atoms with E-state index in [2.05, 4.69) is 20.2 Å². The van der Waals surface area contributed by atoms with Gasteiger partial charge in [-0.05, 0) is 35.9 Å². The van der Waals surface area contributed by atoms with Gasteiger partial charge >= 0.3 is 6.18 Å². The summed E-state index contributed by atoms with van der Waals surface area (Å²) in [6.07, 6.45) is -4.37. The van der Waals surface area contributed by atoms with Gasteiger partial charge in [-0.25, -0.2) is 9.97 Å². The fourth-order valence-electron chi connectivity index (χ4n) is 3.95. The Morgan fingerprint density at radius 3 is 2.45 bits per heavy atom. The number of carbonyl (C=O) groups is 1. The van der Waals surface area contributed by atoms with E-state index in [9.17, 15) is 18.0 Å². The number of alkyl halides is 3. The van der Waals surface area contributed by atoms with Crippen LogP contribution in [0.15, 0.2) is 59.8 Å². The van der Waals surface area contributed by atoms with Crippen LogP contribution >= 0.6 is 23.4 Å². The first-order chi connectivity index (χ1) is 18.2. The molecule has 1 aromatic heterocycles. The Hall–Kier alpha value is -3.02. The summed E-state index contributed by atoms with van der Waals surface area (Å²) in [5.41, 5.74) is 1.47. The molecule has 202 valence electrons. The predicted octanol–water partition coefficient (Wildman–Crippen LogP) is 5.14. The third-order valence-corrected chi connectivity index (χ3v) is 7.09. The Kier molecular flexibility index (Phi) is 9.35. The zero-order chi connectivity index (χ0) is 27.1. The van der Waals surface area contributed by atoms with E-state index in [-0.39, 0.29) is 5.91 Å². The zero-order valence-corrected chi connectivity index (χ0v) is 22.2. The highest BCUT2D eigenvalue weighted by molar-refractivity contribution is 7.98. The molecule has 2 heterocycles. The molecule has 1 saturated heterocycles. The summed E-state index contributed by atoms with van der Waals surface area (Å²) in [6.45, 7) is 3.17. The quantitative estimate of drug-likeness (QED) is 0.167. The molecule has 7 nitrogen and oxygen atoms in total. The van der Waals surface area contributed by atoms with Crippen molar-refractivity contribution in [1.29, 1.82) is 0 Å². The molecule has 2 aromatic carbocycles. The fourth-order valence-corrected chi connectivity index (χ4v) is 4.99. The highest BCUT2D eigenvalue weighted by atomic mass is 35.5. The van der Waals surface area contributed by atoms with E-state index in [1.54, 1.807) is 31.4 Å². The number of benzene rings is 2. The number of rotatable bonds is 9. The molecule has 1 amide bonds. The number of nitrogens with one attached hydrogen (secondary N) is 1. The monoisotopic (exact) mass is 565 g/mol. The number of hydrogen-bond acceptors (Lipinski definition) is 7. The first-order valence-electron chi connectivity index (χ1n) is 11.9. The lowest BCUT2D eigenvalue weighted by Crippen LogP contribution is -2.47. The van der Waals surface area contributed by atoms with Gasteiger partial charge in [0.15, 0.2) is 5.16 Å². The molecule has 0 aliphatic carbocycles. The van der Waals surface area contributed by atoms with Gasteiger partial charge in [-0.1, -0.05) is 41.6 Å². The molecule has 0 spiro atoms. The number of halogens is 4. The summed E-state index contributed by atoms with van der Waals surface area (Å²) in [5.74, 6) is 1.12. The summed E-state index contributed by atoms with van der Waals surface area (Å²) < 4.78 is 44.2. The van der Waals surface area contributed by atoms with Gasteiger partial charge < -0.3 is 19.9 Å². The van der Waals surface area contributed by atoms with Crippen molar-refractivity contribution in [2.24, 2.45) is 0 Å². The number of piperazine rings is 1. The molecule has 1 N–H and O–H groups in total. The van der Waals surface area contributed by atoms with Crippen LogP contribution in [0.2, 0.25) is 5.15 Å².